The molecule has 24 heavy (non-hydrogen) atoms. The van der Waals surface area contributed by atoms with Crippen LogP contribution < -0.4 is 0 Å². The van der Waals surface area contributed by atoms with Crippen LogP contribution in [0.25, 0.3) is 5.57 Å². The first-order valence-corrected chi connectivity index (χ1v) is 8.44. The molecule has 132 valence electrons. The lowest BCUT2D eigenvalue weighted by molar-refractivity contribution is -0.187. The number of hydrogen-bond donors (Lipinski definition) is 3. The number of allylic oxidation sites excluding steroid dienone is 2. The molecule has 0 aromatic heterocycles. The van der Waals surface area contributed by atoms with Crippen molar-refractivity contribution in [1.29, 1.82) is 0 Å². The van der Waals surface area contributed by atoms with E-state index in [1.807, 2.05) is 72.8 Å². The largest absolute Gasteiger partial charge is 0.507 e. The molecule has 2 rings (SSSR count). The Morgan fingerprint density at radius 1 is 1.00 bits per heavy atom. The van der Waals surface area contributed by atoms with Crippen molar-refractivity contribution in [3.63, 3.8) is 0 Å². The third kappa shape index (κ3) is 3.42. The van der Waals surface area contributed by atoms with Gasteiger partial charge in [0.25, 0.3) is 0 Å². The lowest BCUT2D eigenvalue weighted by Crippen LogP contribution is -2.49. The normalized spacial score (nSPS) is 21.3. The second kappa shape index (κ2) is 5.75. The van der Waals surface area contributed by atoms with Gasteiger partial charge in [-0.1, -0.05) is 59.8 Å². The Bertz CT molecular complexity index is 695. The van der Waals surface area contributed by atoms with Gasteiger partial charge in [0.15, 0.2) is 5.79 Å². The molecule has 1 aliphatic carbocycles. The molecule has 0 heterocycles. The number of aromatic hydroxyl groups is 1. The average molecular weight is 330 g/mol. The molecule has 0 fully saturated rings. The lowest BCUT2D eigenvalue weighted by atomic mass is 9.65. The van der Waals surface area contributed by atoms with E-state index in [1.54, 1.807) is 6.07 Å². The number of rotatable bonds is 1. The molecule has 0 amide bonds. The molecule has 1 aromatic rings. The third-order valence-electron chi connectivity index (χ3n) is 4.68. The number of phenols is 1. The van der Waals surface area contributed by atoms with Crippen molar-refractivity contribution < 1.29 is 15.3 Å². The van der Waals surface area contributed by atoms with Gasteiger partial charge in [0.05, 0.1) is 0 Å². The summed E-state index contributed by atoms with van der Waals surface area (Å²) in [6.45, 7) is 13.8. The van der Waals surface area contributed by atoms with E-state index < -0.39 is 17.1 Å². The van der Waals surface area contributed by atoms with E-state index in [4.69, 9.17) is 0 Å². The fourth-order valence-electron chi connectivity index (χ4n) is 3.45. The fraction of sp³-hybridized carbons (Fsp3) is 0.524. The van der Waals surface area contributed by atoms with Gasteiger partial charge in [-0.15, -0.1) is 0 Å². The number of aryl methyl sites for hydroxylation is 1. The number of hydrogen-bond acceptors (Lipinski definition) is 3. The van der Waals surface area contributed by atoms with E-state index in [9.17, 15) is 15.3 Å². The van der Waals surface area contributed by atoms with E-state index >= 15 is 0 Å². The van der Waals surface area contributed by atoms with Crippen LogP contribution in [0.15, 0.2) is 35.9 Å². The summed E-state index contributed by atoms with van der Waals surface area (Å²) in [7, 11) is 0. The van der Waals surface area contributed by atoms with Crippen LogP contribution in [0.3, 0.4) is 0 Å². The summed E-state index contributed by atoms with van der Waals surface area (Å²) >= 11 is 0. The molecule has 0 spiro atoms. The van der Waals surface area contributed by atoms with Crippen molar-refractivity contribution in [2.24, 2.45) is 16.7 Å². The molecule has 3 nitrogen and oxygen atoms in total. The Morgan fingerprint density at radius 3 is 2.04 bits per heavy atom. The van der Waals surface area contributed by atoms with Crippen molar-refractivity contribution in [1.82, 2.24) is 0 Å². The van der Waals surface area contributed by atoms with Crippen LogP contribution in [0.4, 0.5) is 0 Å². The van der Waals surface area contributed by atoms with Gasteiger partial charge in [0.1, 0.15) is 5.75 Å². The quantitative estimate of drug-likeness (QED) is 0.668. The van der Waals surface area contributed by atoms with Crippen LogP contribution in [0.2, 0.25) is 0 Å². The highest BCUT2D eigenvalue weighted by Crippen LogP contribution is 2.49. The van der Waals surface area contributed by atoms with Crippen molar-refractivity contribution in [3.05, 3.63) is 47.1 Å². The second-order valence-corrected chi connectivity index (χ2v) is 9.02. The van der Waals surface area contributed by atoms with Crippen LogP contribution in [0.1, 0.15) is 52.7 Å². The van der Waals surface area contributed by atoms with Gasteiger partial charge < -0.3 is 15.3 Å². The minimum Gasteiger partial charge on any atom is -0.507 e. The second-order valence-electron chi connectivity index (χ2n) is 9.02. The van der Waals surface area contributed by atoms with Gasteiger partial charge in [-0.05, 0) is 46.6 Å². The van der Waals surface area contributed by atoms with Gasteiger partial charge in [-0.25, -0.2) is 0 Å². The maximum atomic E-state index is 10.9. The maximum Gasteiger partial charge on any atom is 0.193 e. The van der Waals surface area contributed by atoms with Crippen LogP contribution >= 0.6 is 0 Å². The Morgan fingerprint density at radius 2 is 1.58 bits per heavy atom. The molecule has 1 aromatic carbocycles. The first-order chi connectivity index (χ1) is 10.7. The highest BCUT2D eigenvalue weighted by molar-refractivity contribution is 5.80. The Kier molecular flexibility index (Phi) is 4.49. The monoisotopic (exact) mass is 330 g/mol. The molecule has 0 bridgehead atoms. The summed E-state index contributed by atoms with van der Waals surface area (Å²) in [5, 5.41) is 32.2. The number of benzene rings is 1. The predicted molar refractivity (Wildman–Crippen MR) is 98.5 cm³/mol. The third-order valence-corrected chi connectivity index (χ3v) is 4.68. The summed E-state index contributed by atoms with van der Waals surface area (Å²) < 4.78 is 0. The SMILES string of the molecule is Cc1ccc(C2=CC(C(C)(C)C)C(O)(O)C(C(C)(C)C)=C2)c(O)c1. The summed E-state index contributed by atoms with van der Waals surface area (Å²) in [6, 6.07) is 5.56. The molecule has 3 N–H and O–H groups in total. The van der Waals surface area contributed by atoms with Crippen molar-refractivity contribution >= 4 is 5.57 Å². The predicted octanol–water partition coefficient (Wildman–Crippen LogP) is 4.41. The van der Waals surface area contributed by atoms with Gasteiger partial charge >= 0.3 is 0 Å². The fourth-order valence-corrected chi connectivity index (χ4v) is 3.45. The van der Waals surface area contributed by atoms with Crippen molar-refractivity contribution in [2.75, 3.05) is 0 Å². The topological polar surface area (TPSA) is 60.7 Å². The Labute approximate surface area is 145 Å². The molecule has 1 atom stereocenters. The zero-order valence-corrected chi connectivity index (χ0v) is 15.8. The molecule has 0 radical (unpaired) electrons. The molecule has 0 saturated carbocycles. The molecule has 1 aliphatic rings. The molecule has 3 heteroatoms. The summed E-state index contributed by atoms with van der Waals surface area (Å²) in [4.78, 5) is 0. The average Bonchev–Trinajstić information content (AvgIpc) is 2.36. The minimum absolute atomic E-state index is 0.210. The zero-order valence-electron chi connectivity index (χ0n) is 15.8. The smallest absolute Gasteiger partial charge is 0.193 e. The van der Waals surface area contributed by atoms with Gasteiger partial charge in [-0.3, -0.25) is 0 Å². The number of aliphatic hydroxyl groups is 2. The summed E-state index contributed by atoms with van der Waals surface area (Å²) in [5.74, 6) is -2.19. The van der Waals surface area contributed by atoms with E-state index in [0.29, 0.717) is 11.1 Å². The first-order valence-electron chi connectivity index (χ1n) is 8.44. The van der Waals surface area contributed by atoms with E-state index in [-0.39, 0.29) is 11.2 Å². The number of phenolic OH excluding ortho intramolecular Hbond substituents is 1. The van der Waals surface area contributed by atoms with Gasteiger partial charge in [0, 0.05) is 11.5 Å². The Balaban J connectivity index is 2.70. The summed E-state index contributed by atoms with van der Waals surface area (Å²) in [6.07, 6.45) is 3.69. The highest BCUT2D eigenvalue weighted by atomic mass is 16.5. The zero-order chi connectivity index (χ0) is 18.5. The van der Waals surface area contributed by atoms with Crippen molar-refractivity contribution in [3.8, 4) is 5.75 Å². The van der Waals surface area contributed by atoms with Crippen LogP contribution in [0, 0.1) is 23.7 Å². The lowest BCUT2D eigenvalue weighted by Gasteiger charge is -2.46. The van der Waals surface area contributed by atoms with Crippen LogP contribution in [0.5, 0.6) is 5.75 Å². The van der Waals surface area contributed by atoms with E-state index in [2.05, 4.69) is 0 Å². The maximum absolute atomic E-state index is 10.9. The van der Waals surface area contributed by atoms with Gasteiger partial charge in [-0.2, -0.15) is 0 Å². The minimum atomic E-state index is -1.92. The molecular formula is C21H30O3. The van der Waals surface area contributed by atoms with Crippen LogP contribution in [-0.2, 0) is 0 Å². The molecule has 0 saturated heterocycles. The standard InChI is InChI=1S/C21H30O3/c1-13-8-9-15(16(22)10-13)14-11-17(19(2,3)4)21(23,24)18(12-14)20(5,6)7/h8-12,17,22-24H,1-7H3. The Hall–Kier alpha value is -1.58. The molecular weight excluding hydrogens is 300 g/mol. The van der Waals surface area contributed by atoms with E-state index in [1.165, 1.54) is 0 Å². The van der Waals surface area contributed by atoms with E-state index in [0.717, 1.165) is 11.1 Å². The highest BCUT2D eigenvalue weighted by Gasteiger charge is 2.48. The van der Waals surface area contributed by atoms with Crippen LogP contribution in [-0.4, -0.2) is 21.1 Å². The summed E-state index contributed by atoms with van der Waals surface area (Å²) in [5.41, 5.74) is 2.33. The molecule has 1 unspecified atom stereocenters. The van der Waals surface area contributed by atoms with Gasteiger partial charge in [0.2, 0.25) is 0 Å². The molecule has 0 aliphatic heterocycles. The van der Waals surface area contributed by atoms with Crippen molar-refractivity contribution in [2.45, 2.75) is 54.3 Å². The first kappa shape index (κ1) is 18.8.